The molecule has 34 heavy (non-hydrogen) atoms. The number of aliphatic hydroxyl groups is 1. The lowest BCUT2D eigenvalue weighted by Gasteiger charge is -2.26. The number of anilines is 1. The van der Waals surface area contributed by atoms with Gasteiger partial charge in [-0.05, 0) is 43.7 Å². The fourth-order valence-corrected chi connectivity index (χ4v) is 4.49. The maximum atomic E-state index is 13.1. The van der Waals surface area contributed by atoms with Crippen LogP contribution in [0.25, 0.3) is 5.76 Å². The second kappa shape index (κ2) is 10.7. The fourth-order valence-electron chi connectivity index (χ4n) is 3.85. The Morgan fingerprint density at radius 2 is 1.71 bits per heavy atom. The zero-order valence-corrected chi connectivity index (χ0v) is 21.3. The van der Waals surface area contributed by atoms with Crippen molar-refractivity contribution >= 4 is 46.3 Å². The van der Waals surface area contributed by atoms with Gasteiger partial charge in [-0.2, -0.15) is 0 Å². The lowest BCUT2D eigenvalue weighted by atomic mass is 9.95. The molecule has 182 valence electrons. The molecule has 1 amide bonds. The molecule has 1 unspecified atom stereocenters. The van der Waals surface area contributed by atoms with E-state index in [1.54, 1.807) is 0 Å². The van der Waals surface area contributed by atoms with Crippen LogP contribution in [0.15, 0.2) is 42.0 Å². The number of hydrogen-bond acceptors (Lipinski definition) is 6. The molecule has 1 atom stereocenters. The summed E-state index contributed by atoms with van der Waals surface area (Å²) < 4.78 is 10.8. The average Bonchev–Trinajstić information content (AvgIpc) is 3.03. The number of Topliss-reactive ketones (excluding diaryl/α,β-unsaturated/α-hetero) is 1. The Morgan fingerprint density at radius 3 is 2.21 bits per heavy atom. The van der Waals surface area contributed by atoms with Gasteiger partial charge >= 0.3 is 0 Å². The number of nitrogens with zero attached hydrogens (tertiary/aromatic N) is 2. The molecule has 1 aliphatic heterocycles. The quantitative estimate of drug-likeness (QED) is 0.311. The number of halogens is 2. The molecule has 0 bridgehead atoms. The second-order valence-electron chi connectivity index (χ2n) is 8.37. The van der Waals surface area contributed by atoms with Gasteiger partial charge in [0.05, 0.1) is 41.5 Å². The number of ketones is 1. The number of carbonyl (C=O) groups excluding carboxylic acids is 2. The van der Waals surface area contributed by atoms with Crippen LogP contribution in [0.1, 0.15) is 31.0 Å². The largest absolute Gasteiger partial charge is 0.507 e. The minimum atomic E-state index is -0.799. The van der Waals surface area contributed by atoms with Crippen molar-refractivity contribution < 1.29 is 24.2 Å². The Labute approximate surface area is 209 Å². The number of carbonyl (C=O) groups is 2. The van der Waals surface area contributed by atoms with Crippen molar-refractivity contribution in [3.8, 4) is 5.75 Å². The highest BCUT2D eigenvalue weighted by atomic mass is 35.5. The van der Waals surface area contributed by atoms with Crippen LogP contribution in [0.2, 0.25) is 10.0 Å². The third-order valence-electron chi connectivity index (χ3n) is 5.52. The standard InChI is InChI=1S/C25H28Cl2N2O5/c1-14(2)34-11-10-29-21(15-6-8-17(9-7-15)28(3)4)20(23(31)25(29)32)22(30)16-12-18(26)24(33-5)19(27)13-16/h6-9,12-14,21,30H,10-11H2,1-5H3/b22-20+. The molecule has 0 aromatic heterocycles. The van der Waals surface area contributed by atoms with Gasteiger partial charge in [0.25, 0.3) is 11.7 Å². The van der Waals surface area contributed by atoms with Crippen LogP contribution in [0.5, 0.6) is 5.75 Å². The molecule has 2 aromatic rings. The van der Waals surface area contributed by atoms with Gasteiger partial charge < -0.3 is 24.4 Å². The smallest absolute Gasteiger partial charge is 0.295 e. The summed E-state index contributed by atoms with van der Waals surface area (Å²) in [6.07, 6.45) is -0.0294. The molecule has 1 N–H and O–H groups in total. The molecular weight excluding hydrogens is 479 g/mol. The van der Waals surface area contributed by atoms with Crippen LogP contribution in [0.3, 0.4) is 0 Å². The number of hydrogen-bond donors (Lipinski definition) is 1. The Balaban J connectivity index is 2.14. The van der Waals surface area contributed by atoms with Crippen LogP contribution in [-0.2, 0) is 14.3 Å². The van der Waals surface area contributed by atoms with Crippen molar-refractivity contribution in [2.75, 3.05) is 39.3 Å². The van der Waals surface area contributed by atoms with Gasteiger partial charge in [0.2, 0.25) is 0 Å². The maximum Gasteiger partial charge on any atom is 0.295 e. The van der Waals surface area contributed by atoms with E-state index in [4.69, 9.17) is 32.7 Å². The predicted molar refractivity (Wildman–Crippen MR) is 134 cm³/mol. The number of aliphatic hydroxyl groups excluding tert-OH is 1. The third kappa shape index (κ3) is 5.17. The highest BCUT2D eigenvalue weighted by Gasteiger charge is 2.46. The number of amides is 1. The Kier molecular flexibility index (Phi) is 8.13. The molecule has 9 heteroatoms. The molecule has 2 aromatic carbocycles. The predicted octanol–water partition coefficient (Wildman–Crippen LogP) is 4.91. The highest BCUT2D eigenvalue weighted by molar-refractivity contribution is 6.46. The Hall–Kier alpha value is -2.74. The van der Waals surface area contributed by atoms with E-state index in [-0.39, 0.29) is 51.9 Å². The van der Waals surface area contributed by atoms with Crippen LogP contribution in [-0.4, -0.2) is 62.2 Å². The Bertz CT molecular complexity index is 1090. The summed E-state index contributed by atoms with van der Waals surface area (Å²) in [6, 6.07) is 9.55. The van der Waals surface area contributed by atoms with Crippen LogP contribution in [0, 0.1) is 0 Å². The SMILES string of the molecule is COc1c(Cl)cc(/C(O)=C2\C(=O)C(=O)N(CCOC(C)C)C2c2ccc(N(C)C)cc2)cc1Cl. The number of rotatable bonds is 8. The monoisotopic (exact) mass is 506 g/mol. The first-order valence-corrected chi connectivity index (χ1v) is 11.5. The average molecular weight is 507 g/mol. The fraction of sp³-hybridized carbons (Fsp3) is 0.360. The van der Waals surface area contributed by atoms with E-state index in [1.807, 2.05) is 57.1 Å². The summed E-state index contributed by atoms with van der Waals surface area (Å²) in [4.78, 5) is 29.5. The highest BCUT2D eigenvalue weighted by Crippen LogP contribution is 2.42. The van der Waals surface area contributed by atoms with E-state index >= 15 is 0 Å². The third-order valence-corrected chi connectivity index (χ3v) is 6.09. The van der Waals surface area contributed by atoms with Gasteiger partial charge in [-0.25, -0.2) is 0 Å². The van der Waals surface area contributed by atoms with Gasteiger partial charge in [-0.15, -0.1) is 0 Å². The number of likely N-dealkylation sites (tertiary alicyclic amines) is 1. The molecule has 7 nitrogen and oxygen atoms in total. The second-order valence-corrected chi connectivity index (χ2v) is 9.19. The maximum absolute atomic E-state index is 13.1. The molecule has 1 saturated heterocycles. The van der Waals surface area contributed by atoms with Crippen molar-refractivity contribution in [2.24, 2.45) is 0 Å². The van der Waals surface area contributed by atoms with Gasteiger partial charge in [-0.1, -0.05) is 35.3 Å². The van der Waals surface area contributed by atoms with Crippen LogP contribution >= 0.6 is 23.2 Å². The van der Waals surface area contributed by atoms with E-state index in [2.05, 4.69) is 0 Å². The van der Waals surface area contributed by atoms with Gasteiger partial charge in [0.1, 0.15) is 5.76 Å². The van der Waals surface area contributed by atoms with E-state index in [1.165, 1.54) is 24.1 Å². The van der Waals surface area contributed by atoms with Crippen molar-refractivity contribution in [3.63, 3.8) is 0 Å². The summed E-state index contributed by atoms with van der Waals surface area (Å²) >= 11 is 12.5. The molecule has 1 heterocycles. The summed E-state index contributed by atoms with van der Waals surface area (Å²) in [7, 11) is 5.26. The summed E-state index contributed by atoms with van der Waals surface area (Å²) in [6.45, 7) is 4.21. The molecule has 1 fully saturated rings. The van der Waals surface area contributed by atoms with Gasteiger partial charge in [0.15, 0.2) is 5.75 Å². The van der Waals surface area contributed by atoms with Crippen molar-refractivity contribution in [3.05, 3.63) is 63.1 Å². The minimum absolute atomic E-state index is 0.0294. The molecule has 0 spiro atoms. The van der Waals surface area contributed by atoms with E-state index in [9.17, 15) is 14.7 Å². The van der Waals surface area contributed by atoms with Gasteiger partial charge in [0, 0.05) is 31.9 Å². The van der Waals surface area contributed by atoms with Crippen LogP contribution < -0.4 is 9.64 Å². The molecule has 1 aliphatic rings. The van der Waals surface area contributed by atoms with Crippen LogP contribution in [0.4, 0.5) is 5.69 Å². The lowest BCUT2D eigenvalue weighted by Crippen LogP contribution is -2.33. The first-order valence-electron chi connectivity index (χ1n) is 10.8. The van der Waals surface area contributed by atoms with E-state index in [0.29, 0.717) is 5.56 Å². The van der Waals surface area contributed by atoms with Gasteiger partial charge in [-0.3, -0.25) is 9.59 Å². The summed E-state index contributed by atoms with van der Waals surface area (Å²) in [5, 5.41) is 11.5. The minimum Gasteiger partial charge on any atom is -0.507 e. The lowest BCUT2D eigenvalue weighted by molar-refractivity contribution is -0.140. The number of ether oxygens (including phenoxy) is 2. The van der Waals surface area contributed by atoms with E-state index in [0.717, 1.165) is 5.69 Å². The number of methoxy groups -OCH3 is 1. The number of benzene rings is 2. The molecule has 0 aliphatic carbocycles. The normalized spacial score (nSPS) is 17.5. The molecule has 0 radical (unpaired) electrons. The zero-order chi connectivity index (χ0) is 25.2. The topological polar surface area (TPSA) is 79.3 Å². The first kappa shape index (κ1) is 25.9. The summed E-state index contributed by atoms with van der Waals surface area (Å²) in [5.41, 5.74) is 1.81. The summed E-state index contributed by atoms with van der Waals surface area (Å²) in [5.74, 6) is -1.60. The Morgan fingerprint density at radius 1 is 1.12 bits per heavy atom. The van der Waals surface area contributed by atoms with Crippen molar-refractivity contribution in [2.45, 2.75) is 26.0 Å². The molecule has 0 saturated carbocycles. The van der Waals surface area contributed by atoms with E-state index < -0.39 is 17.7 Å². The first-order chi connectivity index (χ1) is 16.1. The van der Waals surface area contributed by atoms with Crippen molar-refractivity contribution in [1.29, 1.82) is 0 Å². The molecule has 3 rings (SSSR count). The molecular formula is C25H28Cl2N2O5. The van der Waals surface area contributed by atoms with Crippen molar-refractivity contribution in [1.82, 2.24) is 4.90 Å². The zero-order valence-electron chi connectivity index (χ0n) is 19.8.